The smallest absolute Gasteiger partial charge is 0.230 e. The summed E-state index contributed by atoms with van der Waals surface area (Å²) in [5.41, 5.74) is 7.98. The lowest BCUT2D eigenvalue weighted by Crippen LogP contribution is -2.27. The van der Waals surface area contributed by atoms with Crippen molar-refractivity contribution in [3.05, 3.63) is 35.4 Å². The number of hydrogen-bond acceptors (Lipinski definition) is 2. The highest BCUT2D eigenvalue weighted by Crippen LogP contribution is 2.24. The largest absolute Gasteiger partial charge is 0.369 e. The van der Waals surface area contributed by atoms with Gasteiger partial charge in [-0.3, -0.25) is 4.79 Å². The third-order valence-electron chi connectivity index (χ3n) is 2.53. The van der Waals surface area contributed by atoms with E-state index < -0.39 is 0 Å². The van der Waals surface area contributed by atoms with Gasteiger partial charge in [0.1, 0.15) is 0 Å². The zero-order valence-electron chi connectivity index (χ0n) is 7.90. The van der Waals surface area contributed by atoms with E-state index in [-0.39, 0.29) is 11.2 Å². The zero-order chi connectivity index (χ0) is 9.97. The van der Waals surface area contributed by atoms with Crippen molar-refractivity contribution in [2.75, 3.05) is 5.75 Å². The van der Waals surface area contributed by atoms with Crippen LogP contribution in [0.2, 0.25) is 0 Å². The second kappa shape index (κ2) is 4.05. The molecule has 2 N–H and O–H groups in total. The van der Waals surface area contributed by atoms with Gasteiger partial charge in [0.15, 0.2) is 0 Å². The van der Waals surface area contributed by atoms with E-state index in [1.165, 1.54) is 11.1 Å². The van der Waals surface area contributed by atoms with Crippen molar-refractivity contribution in [3.8, 4) is 0 Å². The van der Waals surface area contributed by atoms with Crippen LogP contribution in [0.4, 0.5) is 0 Å². The fourth-order valence-electron chi connectivity index (χ4n) is 1.75. The van der Waals surface area contributed by atoms with E-state index in [9.17, 15) is 4.79 Å². The molecule has 0 aromatic heterocycles. The summed E-state index contributed by atoms with van der Waals surface area (Å²) in [6, 6.07) is 8.30. The quantitative estimate of drug-likeness (QED) is 0.756. The molecule has 0 aliphatic carbocycles. The average Bonchev–Trinajstić information content (AvgIpc) is 2.39. The molecule has 0 fully saturated rings. The van der Waals surface area contributed by atoms with Crippen LogP contribution in [0.25, 0.3) is 0 Å². The number of hydrogen-bond donors (Lipinski definition) is 1. The summed E-state index contributed by atoms with van der Waals surface area (Å²) < 4.78 is 0. The zero-order valence-corrected chi connectivity index (χ0v) is 8.72. The number of carbonyl (C=O) groups excluding carboxylic acids is 1. The van der Waals surface area contributed by atoms with Gasteiger partial charge >= 0.3 is 0 Å². The fraction of sp³-hybridized carbons (Fsp3) is 0.364. The van der Waals surface area contributed by atoms with Crippen LogP contribution in [0, 0.1) is 0 Å². The predicted molar refractivity (Wildman–Crippen MR) is 59.3 cm³/mol. The molecule has 0 saturated heterocycles. The maximum absolute atomic E-state index is 11.1. The van der Waals surface area contributed by atoms with Gasteiger partial charge in [0.05, 0.1) is 5.25 Å². The van der Waals surface area contributed by atoms with Crippen molar-refractivity contribution in [1.29, 1.82) is 0 Å². The number of aryl methyl sites for hydroxylation is 1. The van der Waals surface area contributed by atoms with Gasteiger partial charge in [0.2, 0.25) is 5.91 Å². The molecule has 2 rings (SSSR count). The van der Waals surface area contributed by atoms with E-state index in [0.717, 1.165) is 18.6 Å². The SMILES string of the molecule is NC(=O)C1Cc2ccccc2CCS1. The Morgan fingerprint density at radius 2 is 2.07 bits per heavy atom. The number of thioether (sulfide) groups is 1. The van der Waals surface area contributed by atoms with Crippen LogP contribution in [0.15, 0.2) is 24.3 Å². The highest BCUT2D eigenvalue weighted by Gasteiger charge is 2.20. The molecule has 1 aromatic carbocycles. The molecule has 0 spiro atoms. The molecule has 1 heterocycles. The van der Waals surface area contributed by atoms with Crippen molar-refractivity contribution in [2.45, 2.75) is 18.1 Å². The second-order valence-corrected chi connectivity index (χ2v) is 4.80. The molecule has 1 aliphatic heterocycles. The van der Waals surface area contributed by atoms with Gasteiger partial charge in [-0.1, -0.05) is 24.3 Å². The van der Waals surface area contributed by atoms with Gasteiger partial charge in [-0.15, -0.1) is 11.8 Å². The maximum atomic E-state index is 11.1. The molecule has 14 heavy (non-hydrogen) atoms. The van der Waals surface area contributed by atoms with Gasteiger partial charge in [-0.05, 0) is 29.7 Å². The molecule has 1 aromatic rings. The molecule has 0 radical (unpaired) electrons. The molecule has 1 atom stereocenters. The van der Waals surface area contributed by atoms with Gasteiger partial charge in [0.25, 0.3) is 0 Å². The van der Waals surface area contributed by atoms with E-state index in [0.29, 0.717) is 0 Å². The predicted octanol–water partition coefficient (Wildman–Crippen LogP) is 1.37. The van der Waals surface area contributed by atoms with E-state index in [1.807, 2.05) is 12.1 Å². The van der Waals surface area contributed by atoms with Crippen LogP contribution in [-0.4, -0.2) is 16.9 Å². The minimum absolute atomic E-state index is 0.0429. The van der Waals surface area contributed by atoms with Crippen molar-refractivity contribution in [1.82, 2.24) is 0 Å². The van der Waals surface area contributed by atoms with E-state index in [4.69, 9.17) is 5.73 Å². The normalized spacial score (nSPS) is 21.0. The van der Waals surface area contributed by atoms with Crippen LogP contribution in [0.1, 0.15) is 11.1 Å². The first-order valence-electron chi connectivity index (χ1n) is 4.75. The molecule has 1 aliphatic rings. The number of benzene rings is 1. The molecule has 74 valence electrons. The highest BCUT2D eigenvalue weighted by molar-refractivity contribution is 8.00. The topological polar surface area (TPSA) is 43.1 Å². The maximum Gasteiger partial charge on any atom is 0.230 e. The second-order valence-electron chi connectivity index (χ2n) is 3.48. The number of rotatable bonds is 1. The lowest BCUT2D eigenvalue weighted by molar-refractivity contribution is -0.117. The lowest BCUT2D eigenvalue weighted by Gasteiger charge is -2.09. The Bertz CT molecular complexity index is 351. The minimum Gasteiger partial charge on any atom is -0.369 e. The van der Waals surface area contributed by atoms with E-state index in [2.05, 4.69) is 12.1 Å². The summed E-state index contributed by atoms with van der Waals surface area (Å²) in [6.07, 6.45) is 1.83. The van der Waals surface area contributed by atoms with Crippen LogP contribution >= 0.6 is 11.8 Å². The summed E-state index contributed by atoms with van der Waals surface area (Å²) in [5.74, 6) is 0.802. The third-order valence-corrected chi connectivity index (χ3v) is 3.77. The molecule has 0 saturated carbocycles. The standard InChI is InChI=1S/C11H13NOS/c12-11(13)10-7-9-4-2-1-3-8(9)5-6-14-10/h1-4,10H,5-7H2,(H2,12,13). The Morgan fingerprint density at radius 1 is 1.36 bits per heavy atom. The van der Waals surface area contributed by atoms with Crippen LogP contribution in [0.3, 0.4) is 0 Å². The number of amides is 1. The van der Waals surface area contributed by atoms with Gasteiger partial charge in [-0.25, -0.2) is 0 Å². The molecule has 1 amide bonds. The van der Waals surface area contributed by atoms with Gasteiger partial charge in [0, 0.05) is 0 Å². The summed E-state index contributed by atoms with van der Waals surface area (Å²) in [4.78, 5) is 11.1. The van der Waals surface area contributed by atoms with E-state index in [1.54, 1.807) is 11.8 Å². The van der Waals surface area contributed by atoms with Crippen molar-refractivity contribution in [2.24, 2.45) is 5.73 Å². The Balaban J connectivity index is 2.26. The molecular weight excluding hydrogens is 194 g/mol. The first-order chi connectivity index (χ1) is 6.77. The molecule has 3 heteroatoms. The number of fused-ring (bicyclic) bond motifs is 1. The summed E-state index contributed by atoms with van der Waals surface area (Å²) in [6.45, 7) is 0. The van der Waals surface area contributed by atoms with Crippen molar-refractivity contribution < 1.29 is 4.79 Å². The first kappa shape index (κ1) is 9.59. The highest BCUT2D eigenvalue weighted by atomic mass is 32.2. The van der Waals surface area contributed by atoms with Crippen LogP contribution in [0.5, 0.6) is 0 Å². The Morgan fingerprint density at radius 3 is 2.79 bits per heavy atom. The number of nitrogens with two attached hydrogens (primary N) is 1. The Hall–Kier alpha value is -0.960. The van der Waals surface area contributed by atoms with Crippen molar-refractivity contribution in [3.63, 3.8) is 0 Å². The van der Waals surface area contributed by atoms with Gasteiger partial charge in [-0.2, -0.15) is 0 Å². The average molecular weight is 207 g/mol. The number of carbonyl (C=O) groups is 1. The number of primary amides is 1. The van der Waals surface area contributed by atoms with Crippen LogP contribution < -0.4 is 5.73 Å². The fourth-order valence-corrected chi connectivity index (χ4v) is 2.84. The monoisotopic (exact) mass is 207 g/mol. The first-order valence-corrected chi connectivity index (χ1v) is 5.80. The van der Waals surface area contributed by atoms with Crippen LogP contribution in [-0.2, 0) is 17.6 Å². The minimum atomic E-state index is -0.188. The van der Waals surface area contributed by atoms with Crippen molar-refractivity contribution >= 4 is 17.7 Å². The summed E-state index contributed by atoms with van der Waals surface area (Å²) in [5, 5.41) is -0.0429. The van der Waals surface area contributed by atoms with Gasteiger partial charge < -0.3 is 5.73 Å². The molecular formula is C11H13NOS. The summed E-state index contributed by atoms with van der Waals surface area (Å²) >= 11 is 1.67. The third kappa shape index (κ3) is 1.93. The molecule has 1 unspecified atom stereocenters. The molecule has 2 nitrogen and oxygen atoms in total. The Kier molecular flexibility index (Phi) is 2.77. The lowest BCUT2D eigenvalue weighted by atomic mass is 10.0. The Labute approximate surface area is 87.9 Å². The summed E-state index contributed by atoms with van der Waals surface area (Å²) in [7, 11) is 0. The van der Waals surface area contributed by atoms with E-state index >= 15 is 0 Å². The molecule has 0 bridgehead atoms.